The Balaban J connectivity index is 0.000000176. The molecular formula is C116H98N2. The monoisotopic (exact) mass is 1520 g/mol. The number of hydrogen-bond donors (Lipinski definition) is 0. The molecule has 14 aromatic rings. The first kappa shape index (κ1) is 77.7. The molecule has 0 saturated heterocycles. The van der Waals surface area contributed by atoms with Crippen molar-refractivity contribution in [2.45, 2.75) is 66.2 Å². The zero-order chi connectivity index (χ0) is 80.4. The maximum absolute atomic E-state index is 4.14. The Hall–Kier alpha value is -14.2. The van der Waals surface area contributed by atoms with Gasteiger partial charge in [-0.1, -0.05) is 359 Å². The molecule has 3 aliphatic rings. The van der Waals surface area contributed by atoms with E-state index in [1.54, 1.807) is 0 Å². The summed E-state index contributed by atoms with van der Waals surface area (Å²) in [7, 11) is 0. The van der Waals surface area contributed by atoms with Gasteiger partial charge in [0.25, 0.3) is 0 Å². The van der Waals surface area contributed by atoms with E-state index in [0.29, 0.717) is 0 Å². The van der Waals surface area contributed by atoms with Crippen LogP contribution in [0.2, 0.25) is 0 Å². The Morgan fingerprint density at radius 2 is 0.737 bits per heavy atom. The molecule has 0 N–H and O–H groups in total. The van der Waals surface area contributed by atoms with Crippen LogP contribution in [0.25, 0.3) is 111 Å². The van der Waals surface area contributed by atoms with Gasteiger partial charge in [0.05, 0.1) is 0 Å². The van der Waals surface area contributed by atoms with Crippen LogP contribution in [0.15, 0.2) is 460 Å². The number of rotatable bonds is 22. The molecule has 17 rings (SSSR count). The van der Waals surface area contributed by atoms with E-state index in [0.717, 1.165) is 83.8 Å². The number of allylic oxidation sites excluding steroid dienone is 25. The average Bonchev–Trinajstić information content (AvgIpc) is 0.769. The summed E-state index contributed by atoms with van der Waals surface area (Å²) in [5.74, 6) is 0. The molecule has 14 aromatic carbocycles. The van der Waals surface area contributed by atoms with Crippen LogP contribution < -0.4 is 9.80 Å². The zero-order valence-electron chi connectivity index (χ0n) is 67.9. The molecule has 0 saturated carbocycles. The molecule has 2 nitrogen and oxygen atoms in total. The van der Waals surface area contributed by atoms with E-state index in [1.165, 1.54) is 138 Å². The highest BCUT2D eigenvalue weighted by Crippen LogP contribution is 2.47. The highest BCUT2D eigenvalue weighted by atomic mass is 15.1. The summed E-state index contributed by atoms with van der Waals surface area (Å²) in [5.41, 5.74) is 34.9. The maximum atomic E-state index is 4.14. The first-order valence-electron chi connectivity index (χ1n) is 41.6. The number of hydrogen-bond acceptors (Lipinski definition) is 2. The lowest BCUT2D eigenvalue weighted by molar-refractivity contribution is 0.905. The van der Waals surface area contributed by atoms with Crippen molar-refractivity contribution in [1.82, 2.24) is 0 Å². The summed E-state index contributed by atoms with van der Waals surface area (Å²) < 4.78 is 0. The van der Waals surface area contributed by atoms with Gasteiger partial charge in [0, 0.05) is 34.1 Å². The van der Waals surface area contributed by atoms with Gasteiger partial charge in [-0.15, -0.1) is 0 Å². The highest BCUT2D eigenvalue weighted by Gasteiger charge is 2.23. The predicted octanol–water partition coefficient (Wildman–Crippen LogP) is 33.4. The summed E-state index contributed by atoms with van der Waals surface area (Å²) >= 11 is 0. The fourth-order valence-corrected chi connectivity index (χ4v) is 16.6. The van der Waals surface area contributed by atoms with E-state index in [1.807, 2.05) is 6.08 Å². The molecule has 0 unspecified atom stereocenters. The van der Waals surface area contributed by atoms with Crippen LogP contribution in [0.4, 0.5) is 34.1 Å². The van der Waals surface area contributed by atoms with Crippen molar-refractivity contribution in [3.05, 3.63) is 483 Å². The summed E-state index contributed by atoms with van der Waals surface area (Å²) in [6, 6.07) is 120. The summed E-state index contributed by atoms with van der Waals surface area (Å²) in [4.78, 5) is 4.79. The molecule has 0 aliphatic heterocycles. The SMILES string of the molecule is C/C=C\C(=C/C)c1ccc(N(c2ccc(-c3ccc4ccccc4c3)cc2)c2ccc(-c3ccccc3-c3ccccc3)c(-c3ccc(-c4ccccc4)cc3)c2)cc1.C=C/C=C(\C=C\C1=CCCC=C1)c1ccc(N(c2ccc(C(/C=C\C)=C/C)cc2)c2ccc(-c3ccc4ccccc4c3)cc2)cc1C1=CC=C(C2=CC=CCC2)CC1. The summed E-state index contributed by atoms with van der Waals surface area (Å²) in [6.45, 7) is 12.5. The molecule has 0 heterocycles. The van der Waals surface area contributed by atoms with Gasteiger partial charge in [-0.25, -0.2) is 0 Å². The van der Waals surface area contributed by atoms with Crippen LogP contribution in [0.3, 0.4) is 0 Å². The lowest BCUT2D eigenvalue weighted by atomic mass is 9.84. The molecular weight excluding hydrogens is 1420 g/mol. The number of anilines is 6. The second-order valence-corrected chi connectivity index (χ2v) is 30.2. The standard InChI is InChI=1S/C58H45N.C58H53N/c1-3-15-42(4-2)45-30-34-52(35-31-45)59(53-36-32-47(33-37-53)51-29-26-44-18-11-12-21-50(44)40-51)54-38-39-57(56-23-14-13-22-55(56)48-19-9-6-10-20-48)58(41-54)49-27-24-46(25-28-49)43-16-7-5-8-17-43;1-4-15-44(6-3)47-31-35-54(36-32-47)59(55-37-33-49(34-38-55)53-30-27-46-21-13-14-22-52(46)41-53)56-39-40-57(50(16-5-2)24-23-43-17-9-7-10-18-43)58(42-56)51-28-25-48(26-29-51)45-19-11-8-12-20-45/h3-41H,1-2H3;4-6,8-9,11,13-19,21-25,27-28,30-42H,2,7,10,12,20,26,29H2,1,3H3/b15-3-,42-4+;15-4-,24-23+,44-6+,50-16+. The van der Waals surface area contributed by atoms with Crippen molar-refractivity contribution < 1.29 is 0 Å². The number of fused-ring (bicyclic) bond motifs is 2. The van der Waals surface area contributed by atoms with Crippen molar-refractivity contribution in [2.75, 3.05) is 9.80 Å². The van der Waals surface area contributed by atoms with E-state index < -0.39 is 0 Å². The second-order valence-electron chi connectivity index (χ2n) is 30.2. The van der Waals surface area contributed by atoms with Gasteiger partial charge in [0.1, 0.15) is 0 Å². The minimum atomic E-state index is 0.981. The molecule has 0 fully saturated rings. The normalized spacial score (nSPS) is 13.8. The molecule has 2 heteroatoms. The van der Waals surface area contributed by atoms with Crippen molar-refractivity contribution in [3.8, 4) is 66.8 Å². The van der Waals surface area contributed by atoms with Crippen LogP contribution in [0.5, 0.6) is 0 Å². The Kier molecular flexibility index (Phi) is 24.6. The fourth-order valence-electron chi connectivity index (χ4n) is 16.6. The Morgan fingerprint density at radius 3 is 1.25 bits per heavy atom. The van der Waals surface area contributed by atoms with Gasteiger partial charge in [0.2, 0.25) is 0 Å². The van der Waals surface area contributed by atoms with Crippen molar-refractivity contribution in [2.24, 2.45) is 0 Å². The fraction of sp³-hybridized carbons (Fsp3) is 0.0862. The van der Waals surface area contributed by atoms with Crippen LogP contribution >= 0.6 is 0 Å². The third-order valence-corrected chi connectivity index (χ3v) is 22.8. The smallest absolute Gasteiger partial charge is 0.0468 e. The average molecular weight is 1520 g/mol. The molecule has 0 amide bonds. The topological polar surface area (TPSA) is 6.48 Å². The van der Waals surface area contributed by atoms with Gasteiger partial charge < -0.3 is 9.80 Å². The van der Waals surface area contributed by atoms with Crippen molar-refractivity contribution in [3.63, 3.8) is 0 Å². The minimum absolute atomic E-state index is 0.981. The van der Waals surface area contributed by atoms with Gasteiger partial charge in [0.15, 0.2) is 0 Å². The van der Waals surface area contributed by atoms with E-state index >= 15 is 0 Å². The first-order chi connectivity index (χ1) is 58.3. The lowest BCUT2D eigenvalue weighted by Gasteiger charge is -2.28. The third kappa shape index (κ3) is 17.8. The molecule has 572 valence electrons. The largest absolute Gasteiger partial charge is 0.310 e. The Morgan fingerprint density at radius 1 is 0.305 bits per heavy atom. The van der Waals surface area contributed by atoms with Crippen LogP contribution in [-0.2, 0) is 0 Å². The van der Waals surface area contributed by atoms with E-state index in [2.05, 4.69) is 475 Å². The summed E-state index contributed by atoms with van der Waals surface area (Å²) in [6.07, 6.45) is 46.2. The lowest BCUT2D eigenvalue weighted by Crippen LogP contribution is -2.11. The predicted molar refractivity (Wildman–Crippen MR) is 512 cm³/mol. The zero-order valence-corrected chi connectivity index (χ0v) is 67.9. The quantitative estimate of drug-likeness (QED) is 0.0624. The Bertz CT molecular complexity index is 6340. The molecule has 118 heavy (non-hydrogen) atoms. The van der Waals surface area contributed by atoms with Crippen molar-refractivity contribution in [1.29, 1.82) is 0 Å². The minimum Gasteiger partial charge on any atom is -0.310 e. The second kappa shape index (κ2) is 37.4. The van der Waals surface area contributed by atoms with Crippen LogP contribution in [-0.4, -0.2) is 0 Å². The number of benzene rings is 14. The van der Waals surface area contributed by atoms with Crippen LogP contribution in [0.1, 0.15) is 88.5 Å². The molecule has 3 aliphatic carbocycles. The molecule has 0 aromatic heterocycles. The molecule has 0 spiro atoms. The van der Waals surface area contributed by atoms with Gasteiger partial charge >= 0.3 is 0 Å². The molecule has 0 bridgehead atoms. The third-order valence-electron chi connectivity index (χ3n) is 22.8. The van der Waals surface area contributed by atoms with E-state index in [9.17, 15) is 0 Å². The first-order valence-corrected chi connectivity index (χ1v) is 41.6. The van der Waals surface area contributed by atoms with Gasteiger partial charge in [-0.2, -0.15) is 0 Å². The Labute approximate surface area is 698 Å². The maximum Gasteiger partial charge on any atom is 0.0468 e. The highest BCUT2D eigenvalue weighted by molar-refractivity contribution is 5.97. The van der Waals surface area contributed by atoms with E-state index in [-0.39, 0.29) is 0 Å². The molecule has 0 atom stereocenters. The van der Waals surface area contributed by atoms with E-state index in [4.69, 9.17) is 0 Å². The van der Waals surface area contributed by atoms with Crippen LogP contribution in [0, 0.1) is 0 Å². The van der Waals surface area contributed by atoms with Crippen molar-refractivity contribution >= 4 is 78.0 Å². The van der Waals surface area contributed by atoms with Gasteiger partial charge in [-0.3, -0.25) is 0 Å². The summed E-state index contributed by atoms with van der Waals surface area (Å²) in [5, 5.41) is 5.00. The van der Waals surface area contributed by atoms with Gasteiger partial charge in [-0.05, 0) is 301 Å². The number of nitrogens with zero attached hydrogens (tertiary/aromatic N) is 2. The molecule has 0 radical (unpaired) electrons.